The largest absolute Gasteiger partial charge is 0.353 e. The monoisotopic (exact) mass is 398 g/mol. The molecular weight excluding hydrogens is 379 g/mol. The number of hydrogen-bond acceptors (Lipinski definition) is 3. The van der Waals surface area contributed by atoms with Gasteiger partial charge in [0.05, 0.1) is 12.1 Å². The van der Waals surface area contributed by atoms with E-state index in [0.717, 1.165) is 35.6 Å². The van der Waals surface area contributed by atoms with Crippen molar-refractivity contribution < 1.29 is 9.18 Å². The van der Waals surface area contributed by atoms with Crippen LogP contribution in [0.1, 0.15) is 12.0 Å². The lowest BCUT2D eigenvalue weighted by Gasteiger charge is -2.16. The smallest absolute Gasteiger partial charge is 0.224 e. The maximum Gasteiger partial charge on any atom is 0.224 e. The van der Waals surface area contributed by atoms with Gasteiger partial charge in [-0.3, -0.25) is 9.89 Å². The van der Waals surface area contributed by atoms with Gasteiger partial charge in [0, 0.05) is 30.2 Å². The van der Waals surface area contributed by atoms with Gasteiger partial charge < -0.3 is 10.2 Å². The summed E-state index contributed by atoms with van der Waals surface area (Å²) in [5.41, 5.74) is 2.54. The van der Waals surface area contributed by atoms with Gasteiger partial charge in [0.15, 0.2) is 5.82 Å². The number of benzene rings is 2. The van der Waals surface area contributed by atoms with Crippen LogP contribution in [0, 0.1) is 5.82 Å². The number of carbonyl (C=O) groups excluding carboxylic acids is 1. The van der Waals surface area contributed by atoms with Gasteiger partial charge in [0.25, 0.3) is 0 Å². The Labute approximate surface area is 167 Å². The molecule has 0 saturated carbocycles. The highest BCUT2D eigenvalue weighted by molar-refractivity contribution is 6.31. The number of carbonyl (C=O) groups is 1. The Morgan fingerprint density at radius 1 is 1.25 bits per heavy atom. The second-order valence-electron chi connectivity index (χ2n) is 6.91. The van der Waals surface area contributed by atoms with E-state index in [0.29, 0.717) is 11.6 Å². The number of anilines is 1. The van der Waals surface area contributed by atoms with Crippen molar-refractivity contribution in [2.45, 2.75) is 18.9 Å². The standard InChI is InChI=1S/C21H20ClFN4O/c22-18-4-2-1-3-15(18)11-21(28)24-17-9-10-27(13-17)20-12-19(25-26-20)14-5-7-16(23)8-6-14/h1-8,12,17H,9-11,13H2,(H,24,28)(H,25,26)/t17-/m1/s1. The predicted octanol–water partition coefficient (Wildman–Crippen LogP) is 3.81. The molecule has 4 rings (SSSR count). The molecule has 144 valence electrons. The average molecular weight is 399 g/mol. The molecule has 2 heterocycles. The topological polar surface area (TPSA) is 61.0 Å². The molecule has 0 spiro atoms. The van der Waals surface area contributed by atoms with Crippen molar-refractivity contribution >= 4 is 23.3 Å². The van der Waals surface area contributed by atoms with Crippen LogP contribution in [0.5, 0.6) is 0 Å². The van der Waals surface area contributed by atoms with Gasteiger partial charge >= 0.3 is 0 Å². The van der Waals surface area contributed by atoms with E-state index >= 15 is 0 Å². The second-order valence-corrected chi connectivity index (χ2v) is 7.32. The lowest BCUT2D eigenvalue weighted by Crippen LogP contribution is -2.38. The van der Waals surface area contributed by atoms with Crippen molar-refractivity contribution in [1.82, 2.24) is 15.5 Å². The number of amides is 1. The number of nitrogens with zero attached hydrogens (tertiary/aromatic N) is 2. The van der Waals surface area contributed by atoms with Crippen molar-refractivity contribution in [2.75, 3.05) is 18.0 Å². The molecule has 28 heavy (non-hydrogen) atoms. The maximum atomic E-state index is 13.1. The summed E-state index contributed by atoms with van der Waals surface area (Å²) in [6.45, 7) is 1.51. The van der Waals surface area contributed by atoms with Crippen LogP contribution in [0.25, 0.3) is 11.3 Å². The SMILES string of the molecule is O=C(Cc1ccccc1Cl)N[C@@H]1CCN(c2cc(-c3ccc(F)cc3)[nH]n2)C1. The molecule has 0 radical (unpaired) electrons. The lowest BCUT2D eigenvalue weighted by molar-refractivity contribution is -0.121. The fourth-order valence-corrected chi connectivity index (χ4v) is 3.63. The normalized spacial score (nSPS) is 16.4. The quantitative estimate of drug-likeness (QED) is 0.687. The Balaban J connectivity index is 1.35. The van der Waals surface area contributed by atoms with Gasteiger partial charge in [-0.1, -0.05) is 29.8 Å². The fraction of sp³-hybridized carbons (Fsp3) is 0.238. The molecule has 1 fully saturated rings. The highest BCUT2D eigenvalue weighted by atomic mass is 35.5. The maximum absolute atomic E-state index is 13.1. The number of aromatic nitrogens is 2. The van der Waals surface area contributed by atoms with Gasteiger partial charge in [-0.15, -0.1) is 0 Å². The number of nitrogens with one attached hydrogen (secondary N) is 2. The van der Waals surface area contributed by atoms with E-state index in [1.54, 1.807) is 18.2 Å². The first-order valence-corrected chi connectivity index (χ1v) is 9.55. The zero-order valence-corrected chi connectivity index (χ0v) is 15.9. The van der Waals surface area contributed by atoms with E-state index in [-0.39, 0.29) is 24.2 Å². The molecule has 1 aromatic heterocycles. The Kier molecular flexibility index (Phi) is 5.30. The van der Waals surface area contributed by atoms with Crippen molar-refractivity contribution in [3.63, 3.8) is 0 Å². The zero-order valence-electron chi connectivity index (χ0n) is 15.2. The molecule has 1 aliphatic heterocycles. The van der Waals surface area contributed by atoms with E-state index in [4.69, 9.17) is 11.6 Å². The van der Waals surface area contributed by atoms with E-state index in [9.17, 15) is 9.18 Å². The summed E-state index contributed by atoms with van der Waals surface area (Å²) in [6, 6.07) is 15.7. The average Bonchev–Trinajstić information content (AvgIpc) is 3.34. The molecule has 2 aromatic carbocycles. The predicted molar refractivity (Wildman–Crippen MR) is 108 cm³/mol. The van der Waals surface area contributed by atoms with Crippen LogP contribution >= 0.6 is 11.6 Å². The third-order valence-electron chi connectivity index (χ3n) is 4.91. The molecule has 2 N–H and O–H groups in total. The Morgan fingerprint density at radius 2 is 2.04 bits per heavy atom. The summed E-state index contributed by atoms with van der Waals surface area (Å²) in [4.78, 5) is 14.5. The van der Waals surface area contributed by atoms with Crippen molar-refractivity contribution in [1.29, 1.82) is 0 Å². The molecule has 3 aromatic rings. The van der Waals surface area contributed by atoms with Gasteiger partial charge in [-0.2, -0.15) is 5.10 Å². The number of hydrogen-bond donors (Lipinski definition) is 2. The molecule has 1 aliphatic rings. The molecule has 0 bridgehead atoms. The third-order valence-corrected chi connectivity index (χ3v) is 5.27. The lowest BCUT2D eigenvalue weighted by atomic mass is 10.1. The molecular formula is C21H20ClFN4O. The van der Waals surface area contributed by atoms with E-state index in [1.165, 1.54) is 12.1 Å². The molecule has 7 heteroatoms. The third kappa shape index (κ3) is 4.17. The summed E-state index contributed by atoms with van der Waals surface area (Å²) >= 11 is 6.13. The van der Waals surface area contributed by atoms with Gasteiger partial charge in [-0.05, 0) is 47.9 Å². The van der Waals surface area contributed by atoms with Crippen LogP contribution < -0.4 is 10.2 Å². The van der Waals surface area contributed by atoms with Crippen LogP contribution in [-0.4, -0.2) is 35.2 Å². The van der Waals surface area contributed by atoms with E-state index < -0.39 is 0 Å². The van der Waals surface area contributed by atoms with Crippen LogP contribution in [0.3, 0.4) is 0 Å². The number of aromatic amines is 1. The van der Waals surface area contributed by atoms with Gasteiger partial charge in [-0.25, -0.2) is 4.39 Å². The fourth-order valence-electron chi connectivity index (χ4n) is 3.43. The second kappa shape index (κ2) is 8.02. The highest BCUT2D eigenvalue weighted by Crippen LogP contribution is 2.25. The van der Waals surface area contributed by atoms with Gasteiger partial charge in [0.2, 0.25) is 5.91 Å². The first-order valence-electron chi connectivity index (χ1n) is 9.17. The van der Waals surface area contributed by atoms with Crippen molar-refractivity contribution in [3.05, 3.63) is 71.0 Å². The first kappa shape index (κ1) is 18.5. The minimum atomic E-state index is -0.265. The number of H-pyrrole nitrogens is 1. The molecule has 0 unspecified atom stereocenters. The minimum Gasteiger partial charge on any atom is -0.353 e. The van der Waals surface area contributed by atoms with Crippen LogP contribution in [0.4, 0.5) is 10.2 Å². The van der Waals surface area contributed by atoms with Crippen LogP contribution in [0.2, 0.25) is 5.02 Å². The number of halogens is 2. The Bertz CT molecular complexity index is 973. The van der Waals surface area contributed by atoms with Crippen molar-refractivity contribution in [3.8, 4) is 11.3 Å². The molecule has 1 saturated heterocycles. The Hall–Kier alpha value is -2.86. The summed E-state index contributed by atoms with van der Waals surface area (Å²) in [7, 11) is 0. The summed E-state index contributed by atoms with van der Waals surface area (Å²) in [6.07, 6.45) is 1.13. The van der Waals surface area contributed by atoms with Crippen LogP contribution in [-0.2, 0) is 11.2 Å². The van der Waals surface area contributed by atoms with E-state index in [2.05, 4.69) is 20.4 Å². The van der Waals surface area contributed by atoms with Crippen LogP contribution in [0.15, 0.2) is 54.6 Å². The summed E-state index contributed by atoms with van der Waals surface area (Å²) in [5.74, 6) is 0.523. The summed E-state index contributed by atoms with van der Waals surface area (Å²) in [5, 5.41) is 11.1. The molecule has 1 atom stereocenters. The Morgan fingerprint density at radius 3 is 2.82 bits per heavy atom. The van der Waals surface area contributed by atoms with E-state index in [1.807, 2.05) is 24.3 Å². The molecule has 5 nitrogen and oxygen atoms in total. The van der Waals surface area contributed by atoms with Crippen molar-refractivity contribution in [2.24, 2.45) is 0 Å². The minimum absolute atomic E-state index is 0.0334. The first-order chi connectivity index (χ1) is 13.6. The van der Waals surface area contributed by atoms with Gasteiger partial charge in [0.1, 0.15) is 5.82 Å². The highest BCUT2D eigenvalue weighted by Gasteiger charge is 2.25. The zero-order chi connectivity index (χ0) is 19.5. The summed E-state index contributed by atoms with van der Waals surface area (Å²) < 4.78 is 13.1. The number of rotatable bonds is 5. The molecule has 0 aliphatic carbocycles. The molecule has 1 amide bonds.